The molecule has 2 aliphatic carbocycles. The van der Waals surface area contributed by atoms with E-state index in [9.17, 15) is 15.0 Å². The number of carboxylic acid groups (broad SMARTS) is 1. The maximum absolute atomic E-state index is 11.4. The second kappa shape index (κ2) is 3.93. The number of carbonyl (C=O) groups is 1. The number of aliphatic hydroxyl groups is 1. The molecule has 1 aliphatic heterocycles. The van der Waals surface area contributed by atoms with Crippen LogP contribution in [-0.4, -0.2) is 34.5 Å². The van der Waals surface area contributed by atoms with E-state index in [1.165, 1.54) is 11.1 Å². The van der Waals surface area contributed by atoms with Crippen LogP contribution < -0.4 is 0 Å². The molecule has 2 bridgehead atoms. The number of aliphatic carboxylic acids is 1. The zero-order valence-corrected chi connectivity index (χ0v) is 11.2. The summed E-state index contributed by atoms with van der Waals surface area (Å²) in [6.45, 7) is 6.58. The van der Waals surface area contributed by atoms with Gasteiger partial charge in [-0.05, 0) is 44.6 Å². The minimum absolute atomic E-state index is 0.0428. The highest BCUT2D eigenvalue weighted by atomic mass is 16.5. The van der Waals surface area contributed by atoms with Crippen LogP contribution in [0.5, 0.6) is 0 Å². The van der Waals surface area contributed by atoms with E-state index < -0.39 is 17.7 Å². The summed E-state index contributed by atoms with van der Waals surface area (Å²) < 4.78 is 5.67. The van der Waals surface area contributed by atoms with Gasteiger partial charge >= 0.3 is 5.97 Å². The van der Waals surface area contributed by atoms with Gasteiger partial charge in [-0.2, -0.15) is 0 Å². The summed E-state index contributed by atoms with van der Waals surface area (Å²) in [7, 11) is 0. The first-order valence-corrected chi connectivity index (χ1v) is 6.85. The summed E-state index contributed by atoms with van der Waals surface area (Å²) in [6.07, 6.45) is 2.93. The van der Waals surface area contributed by atoms with Gasteiger partial charge in [0.2, 0.25) is 0 Å². The summed E-state index contributed by atoms with van der Waals surface area (Å²) in [6, 6.07) is 0. The predicted molar refractivity (Wildman–Crippen MR) is 69.7 cm³/mol. The Kier molecular flexibility index (Phi) is 2.67. The van der Waals surface area contributed by atoms with Gasteiger partial charge in [-0.1, -0.05) is 17.7 Å². The van der Waals surface area contributed by atoms with Crippen LogP contribution >= 0.6 is 0 Å². The van der Waals surface area contributed by atoms with Crippen LogP contribution in [0.3, 0.4) is 0 Å². The molecule has 19 heavy (non-hydrogen) atoms. The summed E-state index contributed by atoms with van der Waals surface area (Å²) >= 11 is 0. The normalized spacial score (nSPS) is 41.1. The van der Waals surface area contributed by atoms with Crippen molar-refractivity contribution in [1.82, 2.24) is 0 Å². The fourth-order valence-electron chi connectivity index (χ4n) is 4.02. The molecule has 1 saturated carbocycles. The molecule has 104 valence electrons. The van der Waals surface area contributed by atoms with Crippen LogP contribution in [0.2, 0.25) is 0 Å². The van der Waals surface area contributed by atoms with Crippen molar-refractivity contribution in [2.45, 2.75) is 50.7 Å². The molecule has 0 radical (unpaired) electrons. The van der Waals surface area contributed by atoms with E-state index in [2.05, 4.69) is 6.58 Å². The third-order valence-corrected chi connectivity index (χ3v) is 5.17. The quantitative estimate of drug-likeness (QED) is 0.801. The molecule has 4 heteroatoms. The standard InChI is InChI=1S/C15H20O4/c1-9(2)10-3-5-14-7-12(19-8-14)15(18,13(16)17)6-4-11(10)14/h12,18H,1,3-8H2,2H3,(H,16,17)/t12-,14-,15-/m1/s1. The van der Waals surface area contributed by atoms with Gasteiger partial charge in [-0.3, -0.25) is 0 Å². The van der Waals surface area contributed by atoms with E-state index in [0.717, 1.165) is 18.4 Å². The lowest BCUT2D eigenvalue weighted by Gasteiger charge is -2.28. The van der Waals surface area contributed by atoms with Gasteiger partial charge < -0.3 is 14.9 Å². The molecular weight excluding hydrogens is 244 g/mol. The van der Waals surface area contributed by atoms with Crippen LogP contribution in [0.4, 0.5) is 0 Å². The summed E-state index contributed by atoms with van der Waals surface area (Å²) in [5.74, 6) is -1.16. The van der Waals surface area contributed by atoms with Crippen molar-refractivity contribution < 1.29 is 19.7 Å². The fraction of sp³-hybridized carbons (Fsp3) is 0.667. The lowest BCUT2D eigenvalue weighted by Crippen LogP contribution is -2.49. The van der Waals surface area contributed by atoms with Gasteiger partial charge in [0.25, 0.3) is 0 Å². The van der Waals surface area contributed by atoms with E-state index in [1.54, 1.807) is 0 Å². The molecule has 2 N–H and O–H groups in total. The number of allylic oxidation sites excluding steroid dienone is 2. The predicted octanol–water partition coefficient (Wildman–Crippen LogP) is 2.04. The molecule has 0 aromatic heterocycles. The Morgan fingerprint density at radius 2 is 2.16 bits per heavy atom. The average molecular weight is 264 g/mol. The van der Waals surface area contributed by atoms with Crippen molar-refractivity contribution in [2.75, 3.05) is 6.61 Å². The molecule has 3 aliphatic rings. The van der Waals surface area contributed by atoms with E-state index in [1.807, 2.05) is 6.92 Å². The van der Waals surface area contributed by atoms with E-state index >= 15 is 0 Å². The number of carboxylic acids is 1. The number of hydrogen-bond acceptors (Lipinski definition) is 3. The molecule has 3 atom stereocenters. The van der Waals surface area contributed by atoms with Gasteiger partial charge in [0.15, 0.2) is 5.60 Å². The Morgan fingerprint density at radius 3 is 2.79 bits per heavy atom. The highest BCUT2D eigenvalue weighted by molar-refractivity contribution is 5.78. The second-order valence-corrected chi connectivity index (χ2v) is 6.25. The van der Waals surface area contributed by atoms with Crippen molar-refractivity contribution in [2.24, 2.45) is 5.41 Å². The Bertz CT molecular complexity index is 492. The Hall–Kier alpha value is -1.13. The SMILES string of the molecule is C=C(C)C1=C2CC[C@](O)(C(=O)O)[C@H]3C[C@]2(CC1)CO3. The molecule has 0 aromatic rings. The minimum atomic E-state index is -1.74. The first-order valence-electron chi connectivity index (χ1n) is 6.85. The molecule has 1 spiro atoms. The molecule has 1 heterocycles. The molecular formula is C15H20O4. The van der Waals surface area contributed by atoms with Crippen LogP contribution in [0.1, 0.15) is 39.0 Å². The molecule has 0 amide bonds. The molecule has 1 saturated heterocycles. The second-order valence-electron chi connectivity index (χ2n) is 6.25. The number of fused-ring (bicyclic) bond motifs is 1. The maximum Gasteiger partial charge on any atom is 0.338 e. The molecule has 2 fully saturated rings. The largest absolute Gasteiger partial charge is 0.479 e. The Labute approximate surface area is 112 Å². The molecule has 0 unspecified atom stereocenters. The number of hydrogen-bond donors (Lipinski definition) is 2. The van der Waals surface area contributed by atoms with Crippen molar-refractivity contribution in [3.05, 3.63) is 23.3 Å². The van der Waals surface area contributed by atoms with Crippen molar-refractivity contribution in [3.8, 4) is 0 Å². The molecule has 3 rings (SSSR count). The number of rotatable bonds is 2. The van der Waals surface area contributed by atoms with Crippen molar-refractivity contribution >= 4 is 5.97 Å². The minimum Gasteiger partial charge on any atom is -0.479 e. The van der Waals surface area contributed by atoms with Crippen LogP contribution in [0, 0.1) is 5.41 Å². The zero-order valence-electron chi connectivity index (χ0n) is 11.2. The summed E-state index contributed by atoms with van der Waals surface area (Å²) in [5, 5.41) is 19.7. The van der Waals surface area contributed by atoms with E-state index in [4.69, 9.17) is 4.74 Å². The van der Waals surface area contributed by atoms with Gasteiger partial charge in [0.05, 0.1) is 12.7 Å². The first kappa shape index (κ1) is 12.9. The molecule has 0 aromatic carbocycles. The number of ether oxygens (including phenoxy) is 1. The third kappa shape index (κ3) is 1.63. The van der Waals surface area contributed by atoms with Gasteiger partial charge in [0.1, 0.15) is 0 Å². The molecule has 4 nitrogen and oxygen atoms in total. The lowest BCUT2D eigenvalue weighted by atomic mass is 9.78. The third-order valence-electron chi connectivity index (χ3n) is 5.17. The van der Waals surface area contributed by atoms with Gasteiger partial charge in [-0.15, -0.1) is 0 Å². The van der Waals surface area contributed by atoms with Crippen LogP contribution in [0.15, 0.2) is 23.3 Å². The fourth-order valence-corrected chi connectivity index (χ4v) is 4.02. The van der Waals surface area contributed by atoms with Crippen molar-refractivity contribution in [3.63, 3.8) is 0 Å². The first-order chi connectivity index (χ1) is 8.89. The van der Waals surface area contributed by atoms with Crippen molar-refractivity contribution in [1.29, 1.82) is 0 Å². The highest BCUT2D eigenvalue weighted by Crippen LogP contribution is 2.57. The van der Waals surface area contributed by atoms with Gasteiger partial charge in [0, 0.05) is 5.41 Å². The van der Waals surface area contributed by atoms with E-state index in [0.29, 0.717) is 19.4 Å². The highest BCUT2D eigenvalue weighted by Gasteiger charge is 2.58. The summed E-state index contributed by atoms with van der Waals surface area (Å²) in [4.78, 5) is 11.4. The van der Waals surface area contributed by atoms with Gasteiger partial charge in [-0.25, -0.2) is 4.79 Å². The topological polar surface area (TPSA) is 66.8 Å². The average Bonchev–Trinajstić information content (AvgIpc) is 2.89. The summed E-state index contributed by atoms with van der Waals surface area (Å²) in [5.41, 5.74) is 1.86. The maximum atomic E-state index is 11.4. The zero-order chi connectivity index (χ0) is 13.8. The van der Waals surface area contributed by atoms with Crippen LogP contribution in [0.25, 0.3) is 0 Å². The Balaban J connectivity index is 2.05. The smallest absolute Gasteiger partial charge is 0.338 e. The Morgan fingerprint density at radius 1 is 1.42 bits per heavy atom. The lowest BCUT2D eigenvalue weighted by molar-refractivity contribution is -0.174. The van der Waals surface area contributed by atoms with Crippen LogP contribution in [-0.2, 0) is 9.53 Å². The monoisotopic (exact) mass is 264 g/mol. The van der Waals surface area contributed by atoms with E-state index in [-0.39, 0.29) is 11.8 Å².